The number of nitrogens with two attached hydrogens (primary N) is 1. The smallest absolute Gasteiger partial charge is 0.326 e. The number of rotatable bonds is 16. The Labute approximate surface area is 250 Å². The number of nitrogens with one attached hydrogen (secondary N) is 6. The summed E-state index contributed by atoms with van der Waals surface area (Å²) < 4.78 is 0. The highest BCUT2D eigenvalue weighted by molar-refractivity contribution is 5.94. The highest BCUT2D eigenvalue weighted by Gasteiger charge is 2.31. The lowest BCUT2D eigenvalue weighted by Crippen LogP contribution is -2.58. The molecule has 0 aliphatic rings. The predicted octanol–water partition coefficient (Wildman–Crippen LogP) is -0.627. The Bertz CT molecular complexity index is 1580. The molecule has 1 aromatic carbocycles. The van der Waals surface area contributed by atoms with Crippen molar-refractivity contribution >= 4 is 40.6 Å². The SMILES string of the molecule is NC(Cc1c[nH]c2ccccc12)C(=O)NC(Cc1cnc[nH]1)C(=O)NC(CCC(=O)O)C(=O)NC(Cc1cnc[nH]1)C(=O)O. The number of aromatic nitrogens is 5. The first-order valence-corrected chi connectivity index (χ1v) is 13.7. The largest absolute Gasteiger partial charge is 0.481 e. The number of benzene rings is 1. The number of hydrogen-bond acceptors (Lipinski definition) is 8. The fourth-order valence-electron chi connectivity index (χ4n) is 4.63. The molecule has 0 saturated heterocycles. The van der Waals surface area contributed by atoms with E-state index in [1.165, 1.54) is 25.0 Å². The van der Waals surface area contributed by atoms with Crippen LogP contribution in [0.3, 0.4) is 0 Å². The molecule has 10 N–H and O–H groups in total. The molecule has 0 bridgehead atoms. The topological polar surface area (TPSA) is 261 Å². The summed E-state index contributed by atoms with van der Waals surface area (Å²) in [5, 5.41) is 27.2. The van der Waals surface area contributed by atoms with Crippen molar-refractivity contribution in [1.29, 1.82) is 0 Å². The Kier molecular flexibility index (Phi) is 10.4. The first-order chi connectivity index (χ1) is 21.1. The van der Waals surface area contributed by atoms with E-state index in [1.54, 1.807) is 6.20 Å². The first-order valence-electron chi connectivity index (χ1n) is 13.7. The molecule has 0 radical (unpaired) electrons. The van der Waals surface area contributed by atoms with Crippen LogP contribution in [0.25, 0.3) is 10.9 Å². The normalized spacial score (nSPS) is 13.8. The Balaban J connectivity index is 1.47. The minimum absolute atomic E-state index is 0.0533. The minimum Gasteiger partial charge on any atom is -0.481 e. The van der Waals surface area contributed by atoms with Gasteiger partial charge in [-0.1, -0.05) is 18.2 Å². The number of aromatic amines is 3. The van der Waals surface area contributed by atoms with Crippen LogP contribution in [0.15, 0.2) is 55.5 Å². The van der Waals surface area contributed by atoms with Gasteiger partial charge in [-0.2, -0.15) is 0 Å². The Morgan fingerprint density at radius 2 is 1.36 bits per heavy atom. The van der Waals surface area contributed by atoms with Gasteiger partial charge in [0.05, 0.1) is 18.7 Å². The molecule has 4 atom stereocenters. The van der Waals surface area contributed by atoms with Crippen molar-refractivity contribution in [1.82, 2.24) is 40.9 Å². The number of para-hydroxylation sites is 1. The van der Waals surface area contributed by atoms with E-state index < -0.39 is 60.2 Å². The van der Waals surface area contributed by atoms with Crippen LogP contribution >= 0.6 is 0 Å². The molecule has 3 amide bonds. The van der Waals surface area contributed by atoms with Gasteiger partial charge in [-0.15, -0.1) is 0 Å². The molecule has 232 valence electrons. The zero-order valence-corrected chi connectivity index (χ0v) is 23.4. The van der Waals surface area contributed by atoms with Gasteiger partial charge in [0, 0.05) is 60.1 Å². The number of nitrogens with zero attached hydrogens (tertiary/aromatic N) is 2. The van der Waals surface area contributed by atoms with Crippen molar-refractivity contribution in [2.45, 2.75) is 56.3 Å². The molecule has 4 aromatic rings. The zero-order valence-electron chi connectivity index (χ0n) is 23.4. The fraction of sp³-hybridized carbons (Fsp3) is 0.321. The van der Waals surface area contributed by atoms with E-state index in [0.717, 1.165) is 16.5 Å². The number of imidazole rings is 2. The molecule has 0 fully saturated rings. The van der Waals surface area contributed by atoms with Crippen LogP contribution in [0.1, 0.15) is 29.8 Å². The van der Waals surface area contributed by atoms with E-state index >= 15 is 0 Å². The van der Waals surface area contributed by atoms with Crippen molar-refractivity contribution < 1.29 is 34.2 Å². The molecule has 0 saturated carbocycles. The van der Waals surface area contributed by atoms with Gasteiger partial charge >= 0.3 is 11.9 Å². The molecule has 3 aromatic heterocycles. The van der Waals surface area contributed by atoms with Crippen molar-refractivity contribution in [3.05, 3.63) is 72.5 Å². The van der Waals surface area contributed by atoms with Crippen molar-refractivity contribution in [3.8, 4) is 0 Å². The van der Waals surface area contributed by atoms with Crippen LogP contribution in [-0.4, -0.2) is 89.0 Å². The second-order valence-corrected chi connectivity index (χ2v) is 10.2. The number of H-pyrrole nitrogens is 3. The van der Waals surface area contributed by atoms with Crippen LogP contribution < -0.4 is 21.7 Å². The standard InChI is InChI=1S/C28H33N9O7/c29-19(7-15-10-32-20-4-2-1-3-18(15)20)25(40)36-22(8-16-11-30-13-33-16)27(42)35-21(5-6-24(38)39)26(41)37-23(28(43)44)9-17-12-31-14-34-17/h1-4,10-14,19,21-23,32H,5-9,29H2,(H,30,33)(H,31,34)(H,35,42)(H,36,40)(H,37,41)(H,38,39)(H,43,44). The average Bonchev–Trinajstić information content (AvgIpc) is 3.77. The molecular formula is C28H33N9O7. The summed E-state index contributed by atoms with van der Waals surface area (Å²) in [6.07, 6.45) is 6.51. The fourth-order valence-corrected chi connectivity index (χ4v) is 4.63. The summed E-state index contributed by atoms with van der Waals surface area (Å²) in [6.45, 7) is 0. The first kappa shape index (κ1) is 31.4. The van der Waals surface area contributed by atoms with Gasteiger partial charge in [-0.05, 0) is 24.5 Å². The van der Waals surface area contributed by atoms with Gasteiger partial charge in [-0.3, -0.25) is 19.2 Å². The number of fused-ring (bicyclic) bond motifs is 1. The van der Waals surface area contributed by atoms with Crippen LogP contribution in [0.4, 0.5) is 0 Å². The number of aliphatic carboxylic acids is 2. The molecule has 44 heavy (non-hydrogen) atoms. The number of carboxylic acids is 2. The second-order valence-electron chi connectivity index (χ2n) is 10.2. The maximum absolute atomic E-state index is 13.5. The summed E-state index contributed by atoms with van der Waals surface area (Å²) in [6, 6.07) is 2.43. The highest BCUT2D eigenvalue weighted by atomic mass is 16.4. The molecule has 3 heterocycles. The molecule has 4 rings (SSSR count). The van der Waals surface area contributed by atoms with E-state index in [-0.39, 0.29) is 25.7 Å². The van der Waals surface area contributed by atoms with Crippen molar-refractivity contribution in [2.24, 2.45) is 5.73 Å². The van der Waals surface area contributed by atoms with Crippen LogP contribution in [0, 0.1) is 0 Å². The molecule has 0 aliphatic carbocycles. The molecule has 16 nitrogen and oxygen atoms in total. The van der Waals surface area contributed by atoms with E-state index in [1.807, 2.05) is 24.3 Å². The molecule has 16 heteroatoms. The number of carboxylic acid groups (broad SMARTS) is 2. The second kappa shape index (κ2) is 14.6. The summed E-state index contributed by atoms with van der Waals surface area (Å²) in [4.78, 5) is 79.4. The summed E-state index contributed by atoms with van der Waals surface area (Å²) in [5.74, 6) is -4.92. The lowest BCUT2D eigenvalue weighted by molar-refractivity contribution is -0.143. The van der Waals surface area contributed by atoms with Gasteiger partial charge in [0.25, 0.3) is 0 Å². The van der Waals surface area contributed by atoms with Crippen molar-refractivity contribution in [3.63, 3.8) is 0 Å². The summed E-state index contributed by atoms with van der Waals surface area (Å²) in [5.41, 5.74) is 8.85. The molecule has 0 spiro atoms. The maximum Gasteiger partial charge on any atom is 0.326 e. The third-order valence-electron chi connectivity index (χ3n) is 6.94. The van der Waals surface area contributed by atoms with E-state index in [2.05, 4.69) is 40.9 Å². The quantitative estimate of drug-likeness (QED) is 0.0779. The molecule has 4 unspecified atom stereocenters. The average molecular weight is 608 g/mol. The lowest BCUT2D eigenvalue weighted by atomic mass is 10.0. The Morgan fingerprint density at radius 3 is 1.98 bits per heavy atom. The molecular weight excluding hydrogens is 574 g/mol. The third-order valence-corrected chi connectivity index (χ3v) is 6.94. The summed E-state index contributed by atoms with van der Waals surface area (Å²) in [7, 11) is 0. The number of hydrogen-bond donors (Lipinski definition) is 9. The highest BCUT2D eigenvalue weighted by Crippen LogP contribution is 2.19. The van der Waals surface area contributed by atoms with Gasteiger partial charge < -0.3 is 46.8 Å². The van der Waals surface area contributed by atoms with Crippen LogP contribution in [0.5, 0.6) is 0 Å². The number of carbonyl (C=O) groups is 5. The number of amides is 3. The predicted molar refractivity (Wildman–Crippen MR) is 155 cm³/mol. The van der Waals surface area contributed by atoms with Crippen molar-refractivity contribution in [2.75, 3.05) is 0 Å². The van der Waals surface area contributed by atoms with Gasteiger partial charge in [0.1, 0.15) is 18.1 Å². The molecule has 0 aliphatic heterocycles. The summed E-state index contributed by atoms with van der Waals surface area (Å²) >= 11 is 0. The minimum atomic E-state index is -1.43. The van der Waals surface area contributed by atoms with E-state index in [4.69, 9.17) is 5.73 Å². The van der Waals surface area contributed by atoms with Gasteiger partial charge in [0.15, 0.2) is 0 Å². The van der Waals surface area contributed by atoms with E-state index in [0.29, 0.717) is 11.4 Å². The van der Waals surface area contributed by atoms with Gasteiger partial charge in [0.2, 0.25) is 17.7 Å². The zero-order chi connectivity index (χ0) is 31.6. The third kappa shape index (κ3) is 8.51. The van der Waals surface area contributed by atoms with Crippen LogP contribution in [-0.2, 0) is 43.2 Å². The van der Waals surface area contributed by atoms with E-state index in [9.17, 15) is 34.2 Å². The monoisotopic (exact) mass is 607 g/mol. The van der Waals surface area contributed by atoms with Gasteiger partial charge in [-0.25, -0.2) is 14.8 Å². The Hall–Kier alpha value is -5.51. The number of carbonyl (C=O) groups excluding carboxylic acids is 3. The lowest BCUT2D eigenvalue weighted by Gasteiger charge is -2.25. The van der Waals surface area contributed by atoms with Crippen LogP contribution in [0.2, 0.25) is 0 Å². The Morgan fingerprint density at radius 1 is 0.773 bits per heavy atom. The maximum atomic E-state index is 13.5.